The molecule has 1 heterocycles. The van der Waals surface area contributed by atoms with Gasteiger partial charge in [-0.25, -0.2) is 0 Å². The van der Waals surface area contributed by atoms with Crippen LogP contribution in [0.25, 0.3) is 0 Å². The molecule has 0 aromatic heterocycles. The minimum Gasteiger partial charge on any atom is -0.353 e. The SMILES string of the molecule is O=C(NC1CCC2CN(Cc3ccccc3)C[C@H]21)C(C1CCCCC1)C1CCCCC1. The van der Waals surface area contributed by atoms with Gasteiger partial charge in [0.15, 0.2) is 0 Å². The van der Waals surface area contributed by atoms with Crippen molar-refractivity contribution in [2.45, 2.75) is 89.6 Å². The third kappa shape index (κ3) is 5.02. The smallest absolute Gasteiger partial charge is 0.223 e. The number of nitrogens with one attached hydrogen (secondary N) is 1. The fourth-order valence-electron chi connectivity index (χ4n) is 7.59. The lowest BCUT2D eigenvalue weighted by atomic mass is 9.69. The third-order valence-electron chi connectivity index (χ3n) is 9.13. The Hall–Kier alpha value is -1.35. The van der Waals surface area contributed by atoms with E-state index in [4.69, 9.17) is 0 Å². The fourth-order valence-corrected chi connectivity index (χ4v) is 7.59. The lowest BCUT2D eigenvalue weighted by Gasteiger charge is -2.37. The zero-order valence-corrected chi connectivity index (χ0v) is 19.3. The Morgan fingerprint density at radius 3 is 2.13 bits per heavy atom. The predicted octanol–water partition coefficient (Wildman–Crippen LogP) is 5.79. The van der Waals surface area contributed by atoms with E-state index in [0.29, 0.717) is 35.6 Å². The molecule has 3 atom stereocenters. The molecule has 1 aliphatic heterocycles. The van der Waals surface area contributed by atoms with Gasteiger partial charge in [0.05, 0.1) is 0 Å². The van der Waals surface area contributed by atoms with E-state index in [1.54, 1.807) is 0 Å². The van der Waals surface area contributed by atoms with Crippen LogP contribution in [-0.2, 0) is 11.3 Å². The van der Waals surface area contributed by atoms with Crippen molar-refractivity contribution in [1.29, 1.82) is 0 Å². The van der Waals surface area contributed by atoms with E-state index in [1.807, 2.05) is 0 Å². The molecule has 3 nitrogen and oxygen atoms in total. The molecule has 3 heteroatoms. The molecule has 1 aromatic carbocycles. The average molecular weight is 423 g/mol. The molecule has 3 saturated carbocycles. The van der Waals surface area contributed by atoms with Gasteiger partial charge in [-0.3, -0.25) is 9.69 Å². The maximum absolute atomic E-state index is 13.7. The second-order valence-electron chi connectivity index (χ2n) is 11.1. The zero-order valence-electron chi connectivity index (χ0n) is 19.3. The van der Waals surface area contributed by atoms with Crippen LogP contribution in [-0.4, -0.2) is 29.9 Å². The second kappa shape index (κ2) is 10.1. The summed E-state index contributed by atoms with van der Waals surface area (Å²) in [6, 6.07) is 11.3. The van der Waals surface area contributed by atoms with Crippen molar-refractivity contribution in [3.05, 3.63) is 35.9 Å². The monoisotopic (exact) mass is 422 g/mol. The maximum Gasteiger partial charge on any atom is 0.223 e. The van der Waals surface area contributed by atoms with Gasteiger partial charge < -0.3 is 5.32 Å². The predicted molar refractivity (Wildman–Crippen MR) is 127 cm³/mol. The van der Waals surface area contributed by atoms with Crippen molar-refractivity contribution in [3.63, 3.8) is 0 Å². The lowest BCUT2D eigenvalue weighted by molar-refractivity contribution is -0.131. The van der Waals surface area contributed by atoms with Gasteiger partial charge in [0.2, 0.25) is 5.91 Å². The molecule has 170 valence electrons. The number of carbonyl (C=O) groups excluding carboxylic acids is 1. The molecule has 0 radical (unpaired) electrons. The summed E-state index contributed by atoms with van der Waals surface area (Å²) < 4.78 is 0. The summed E-state index contributed by atoms with van der Waals surface area (Å²) in [5.74, 6) is 3.45. The molecule has 4 aliphatic rings. The zero-order chi connectivity index (χ0) is 21.0. The minimum absolute atomic E-state index is 0.293. The largest absolute Gasteiger partial charge is 0.353 e. The Morgan fingerprint density at radius 1 is 0.839 bits per heavy atom. The highest BCUT2D eigenvalue weighted by molar-refractivity contribution is 5.79. The van der Waals surface area contributed by atoms with Crippen molar-refractivity contribution in [2.24, 2.45) is 29.6 Å². The number of hydrogen-bond acceptors (Lipinski definition) is 2. The van der Waals surface area contributed by atoms with Crippen molar-refractivity contribution < 1.29 is 4.79 Å². The van der Waals surface area contributed by atoms with Gasteiger partial charge >= 0.3 is 0 Å². The van der Waals surface area contributed by atoms with Gasteiger partial charge in [0.1, 0.15) is 0 Å². The molecule has 31 heavy (non-hydrogen) atoms. The first-order chi connectivity index (χ1) is 15.3. The van der Waals surface area contributed by atoms with Crippen molar-refractivity contribution in [1.82, 2.24) is 10.2 Å². The normalized spacial score (nSPS) is 30.5. The van der Waals surface area contributed by atoms with Crippen LogP contribution in [0.1, 0.15) is 82.6 Å². The van der Waals surface area contributed by atoms with E-state index in [-0.39, 0.29) is 0 Å². The summed E-state index contributed by atoms with van der Waals surface area (Å²) in [5.41, 5.74) is 1.41. The number of nitrogens with zero attached hydrogens (tertiary/aromatic N) is 1. The van der Waals surface area contributed by atoms with E-state index in [9.17, 15) is 4.79 Å². The average Bonchev–Trinajstić information content (AvgIpc) is 3.37. The number of carbonyl (C=O) groups is 1. The highest BCUT2D eigenvalue weighted by atomic mass is 16.2. The van der Waals surface area contributed by atoms with Crippen LogP contribution < -0.4 is 5.32 Å². The Kier molecular flexibility index (Phi) is 6.98. The molecule has 1 saturated heterocycles. The Balaban J connectivity index is 1.22. The van der Waals surface area contributed by atoms with Crippen molar-refractivity contribution >= 4 is 5.91 Å². The number of benzene rings is 1. The molecule has 1 amide bonds. The minimum atomic E-state index is 0.293. The van der Waals surface area contributed by atoms with Gasteiger partial charge in [-0.1, -0.05) is 68.9 Å². The van der Waals surface area contributed by atoms with Gasteiger partial charge in [0.25, 0.3) is 0 Å². The van der Waals surface area contributed by atoms with Crippen LogP contribution in [0.2, 0.25) is 0 Å². The molecule has 5 rings (SSSR count). The lowest BCUT2D eigenvalue weighted by Crippen LogP contribution is -2.47. The first-order valence-corrected chi connectivity index (χ1v) is 13.3. The summed E-state index contributed by atoms with van der Waals surface area (Å²) in [7, 11) is 0. The Morgan fingerprint density at radius 2 is 1.48 bits per heavy atom. The molecule has 2 unspecified atom stereocenters. The standard InChI is InChI=1S/C28H42N2O/c31-28(27(22-12-6-2-7-13-22)23-14-8-3-9-15-23)29-26-17-16-24-19-30(20-25(24)26)18-21-10-4-1-5-11-21/h1,4-5,10-11,22-27H,2-3,6-9,12-20H2,(H,29,31)/t24?,25-,26?/m1/s1. The van der Waals surface area contributed by atoms with Crippen molar-refractivity contribution in [2.75, 3.05) is 13.1 Å². The van der Waals surface area contributed by atoms with Gasteiger partial charge in [-0.2, -0.15) is 0 Å². The number of rotatable bonds is 6. The van der Waals surface area contributed by atoms with E-state index in [0.717, 1.165) is 19.0 Å². The van der Waals surface area contributed by atoms with Crippen LogP contribution in [0.15, 0.2) is 30.3 Å². The number of amides is 1. The van der Waals surface area contributed by atoms with E-state index in [1.165, 1.54) is 89.2 Å². The van der Waals surface area contributed by atoms with Crippen LogP contribution in [0.5, 0.6) is 0 Å². The van der Waals surface area contributed by atoms with E-state index >= 15 is 0 Å². The highest BCUT2D eigenvalue weighted by Gasteiger charge is 2.44. The summed E-state index contributed by atoms with van der Waals surface area (Å²) in [6.07, 6.45) is 15.7. The molecular weight excluding hydrogens is 380 g/mol. The molecule has 3 aliphatic carbocycles. The summed E-state index contributed by atoms with van der Waals surface area (Å²) in [4.78, 5) is 16.4. The molecule has 0 bridgehead atoms. The first kappa shape index (κ1) is 21.5. The number of hydrogen-bond donors (Lipinski definition) is 1. The molecule has 4 fully saturated rings. The van der Waals surface area contributed by atoms with E-state index < -0.39 is 0 Å². The molecule has 1 N–H and O–H groups in total. The molecule has 1 aromatic rings. The van der Waals surface area contributed by atoms with Crippen LogP contribution in [0, 0.1) is 29.6 Å². The summed E-state index contributed by atoms with van der Waals surface area (Å²) in [6.45, 7) is 3.42. The van der Waals surface area contributed by atoms with Crippen LogP contribution in [0.4, 0.5) is 0 Å². The first-order valence-electron chi connectivity index (χ1n) is 13.3. The summed E-state index contributed by atoms with van der Waals surface area (Å²) in [5, 5.41) is 3.66. The van der Waals surface area contributed by atoms with Crippen molar-refractivity contribution in [3.8, 4) is 0 Å². The fraction of sp³-hybridized carbons (Fsp3) is 0.750. The van der Waals surface area contributed by atoms with E-state index in [2.05, 4.69) is 40.5 Å². The number of fused-ring (bicyclic) bond motifs is 1. The Bertz CT molecular complexity index is 689. The van der Waals surface area contributed by atoms with Crippen LogP contribution in [0.3, 0.4) is 0 Å². The Labute approximate surface area is 189 Å². The van der Waals surface area contributed by atoms with Crippen LogP contribution >= 0.6 is 0 Å². The van der Waals surface area contributed by atoms with Gasteiger partial charge in [0, 0.05) is 31.6 Å². The topological polar surface area (TPSA) is 32.3 Å². The second-order valence-corrected chi connectivity index (χ2v) is 11.1. The quantitative estimate of drug-likeness (QED) is 0.629. The number of likely N-dealkylation sites (tertiary alicyclic amines) is 1. The van der Waals surface area contributed by atoms with Gasteiger partial charge in [-0.05, 0) is 67.8 Å². The highest BCUT2D eigenvalue weighted by Crippen LogP contribution is 2.42. The maximum atomic E-state index is 13.7. The third-order valence-corrected chi connectivity index (χ3v) is 9.13. The van der Waals surface area contributed by atoms with Gasteiger partial charge in [-0.15, -0.1) is 0 Å². The molecule has 0 spiro atoms. The molecular formula is C28H42N2O. The summed E-state index contributed by atoms with van der Waals surface area (Å²) >= 11 is 0.